The molecule has 0 aliphatic heterocycles. The summed E-state index contributed by atoms with van der Waals surface area (Å²) in [7, 11) is -1.89. The van der Waals surface area contributed by atoms with E-state index in [1.165, 1.54) is 0 Å². The molecule has 170 valence electrons. The second-order valence-electron chi connectivity index (χ2n) is 9.95. The number of rotatable bonds is 7. The zero-order chi connectivity index (χ0) is 23.1. The summed E-state index contributed by atoms with van der Waals surface area (Å²) in [5.74, 6) is 1.32. The molecule has 0 unspecified atom stereocenters. The molecule has 0 atom stereocenters. The van der Waals surface area contributed by atoms with Crippen LogP contribution in [0.2, 0.25) is 18.1 Å². The number of nitrogens with zero attached hydrogens (tertiary/aromatic N) is 3. The molecule has 1 aliphatic carbocycles. The van der Waals surface area contributed by atoms with Crippen molar-refractivity contribution in [1.82, 2.24) is 15.4 Å². The molecule has 0 saturated heterocycles. The van der Waals surface area contributed by atoms with Crippen molar-refractivity contribution in [1.29, 1.82) is 0 Å². The van der Waals surface area contributed by atoms with E-state index in [0.717, 1.165) is 24.0 Å². The fourth-order valence-corrected chi connectivity index (χ4v) is 4.57. The maximum atomic E-state index is 11.9. The maximum absolute atomic E-state index is 11.9. The predicted molar refractivity (Wildman–Crippen MR) is 121 cm³/mol. The monoisotopic (exact) mass is 454 g/mol. The first-order valence-corrected chi connectivity index (χ1v) is 13.8. The second kappa shape index (κ2) is 8.29. The van der Waals surface area contributed by atoms with Crippen molar-refractivity contribution in [3.8, 4) is 11.3 Å². The molecule has 1 aliphatic rings. The molecule has 3 aromatic rings. The largest absolute Gasteiger partial charge is 0.423 e. The van der Waals surface area contributed by atoms with Gasteiger partial charge in [0.2, 0.25) is 11.8 Å². The Morgan fingerprint density at radius 1 is 1.16 bits per heavy atom. The zero-order valence-corrected chi connectivity index (χ0v) is 20.2. The van der Waals surface area contributed by atoms with E-state index < -0.39 is 14.2 Å². The standard InChI is InChI=1S/C23H30N4O4Si/c1-23(2,3)32(4,5)29-13-17-25-26-22(30-17)16-11-15(12-16)18-19(21(24)28)27-31-20(18)14-9-7-6-8-10-14/h6-10,15-16H,11-13H2,1-5H3,(H2,24,28). The molecule has 1 saturated carbocycles. The number of primary amides is 1. The molecule has 1 aromatic carbocycles. The fraction of sp³-hybridized carbons (Fsp3) is 0.478. The third-order valence-corrected chi connectivity index (χ3v) is 11.2. The van der Waals surface area contributed by atoms with E-state index in [1.54, 1.807) is 0 Å². The average Bonchev–Trinajstić information content (AvgIpc) is 3.33. The molecular weight excluding hydrogens is 424 g/mol. The van der Waals surface area contributed by atoms with Gasteiger partial charge in [-0.05, 0) is 36.9 Å². The molecule has 8 nitrogen and oxygen atoms in total. The number of hydrogen-bond donors (Lipinski definition) is 1. The lowest BCUT2D eigenvalue weighted by Crippen LogP contribution is -2.40. The van der Waals surface area contributed by atoms with Crippen molar-refractivity contribution in [2.24, 2.45) is 5.73 Å². The minimum Gasteiger partial charge on any atom is -0.423 e. The molecule has 32 heavy (non-hydrogen) atoms. The summed E-state index contributed by atoms with van der Waals surface area (Å²) in [4.78, 5) is 11.9. The molecule has 0 bridgehead atoms. The molecule has 1 fully saturated rings. The van der Waals surface area contributed by atoms with Gasteiger partial charge in [-0.3, -0.25) is 4.79 Å². The third-order valence-electron chi connectivity index (χ3n) is 6.74. The smallest absolute Gasteiger partial charge is 0.271 e. The Morgan fingerprint density at radius 3 is 2.47 bits per heavy atom. The molecule has 4 rings (SSSR count). The molecule has 0 spiro atoms. The van der Waals surface area contributed by atoms with E-state index in [4.69, 9.17) is 19.1 Å². The van der Waals surface area contributed by atoms with Gasteiger partial charge in [-0.25, -0.2) is 0 Å². The normalized spacial score (nSPS) is 19.0. The van der Waals surface area contributed by atoms with E-state index in [2.05, 4.69) is 49.2 Å². The van der Waals surface area contributed by atoms with Gasteiger partial charge in [0.05, 0.1) is 0 Å². The quantitative estimate of drug-likeness (QED) is 0.499. The van der Waals surface area contributed by atoms with Gasteiger partial charge < -0.3 is 19.1 Å². The highest BCUT2D eigenvalue weighted by atomic mass is 28.4. The fourth-order valence-electron chi connectivity index (χ4n) is 3.66. The first-order valence-electron chi connectivity index (χ1n) is 10.9. The number of amides is 1. The van der Waals surface area contributed by atoms with E-state index in [1.807, 2.05) is 30.3 Å². The highest BCUT2D eigenvalue weighted by molar-refractivity contribution is 6.74. The van der Waals surface area contributed by atoms with Crippen LogP contribution < -0.4 is 5.73 Å². The molecule has 2 heterocycles. The highest BCUT2D eigenvalue weighted by Crippen LogP contribution is 2.50. The molecule has 9 heteroatoms. The summed E-state index contributed by atoms with van der Waals surface area (Å²) < 4.78 is 17.6. The van der Waals surface area contributed by atoms with Crippen molar-refractivity contribution < 1.29 is 18.2 Å². The number of carbonyl (C=O) groups excluding carboxylic acids is 1. The number of benzene rings is 1. The Balaban J connectivity index is 1.45. The summed E-state index contributed by atoms with van der Waals surface area (Å²) in [5, 5.41) is 12.5. The molecular formula is C23H30N4O4Si. The number of hydrogen-bond acceptors (Lipinski definition) is 7. The van der Waals surface area contributed by atoms with Crippen LogP contribution in [0.3, 0.4) is 0 Å². The van der Waals surface area contributed by atoms with Gasteiger partial charge in [0.25, 0.3) is 5.91 Å². The van der Waals surface area contributed by atoms with Crippen LogP contribution >= 0.6 is 0 Å². The molecule has 2 N–H and O–H groups in total. The molecule has 0 radical (unpaired) electrons. The van der Waals surface area contributed by atoms with Gasteiger partial charge in [0.1, 0.15) is 6.61 Å². The van der Waals surface area contributed by atoms with Gasteiger partial charge in [-0.15, -0.1) is 10.2 Å². The van der Waals surface area contributed by atoms with Crippen molar-refractivity contribution in [3.63, 3.8) is 0 Å². The SMILES string of the molecule is CC(C)(C)[Si](C)(C)OCc1nnc(C2CC(c3c(C(N)=O)noc3-c3ccccc3)C2)o1. The Hall–Kier alpha value is -2.78. The number of nitrogens with two attached hydrogens (primary N) is 1. The van der Waals surface area contributed by atoms with Gasteiger partial charge >= 0.3 is 0 Å². The number of carbonyl (C=O) groups is 1. The van der Waals surface area contributed by atoms with Crippen LogP contribution in [0.1, 0.15) is 73.3 Å². The maximum Gasteiger partial charge on any atom is 0.271 e. The Kier molecular flexibility index (Phi) is 5.81. The van der Waals surface area contributed by atoms with Gasteiger partial charge in [0.15, 0.2) is 19.8 Å². The first kappa shape index (κ1) is 22.4. The Labute approximate surface area is 188 Å². The lowest BCUT2D eigenvalue weighted by atomic mass is 9.70. The first-order chi connectivity index (χ1) is 15.1. The van der Waals surface area contributed by atoms with Crippen molar-refractivity contribution in [2.75, 3.05) is 0 Å². The summed E-state index contributed by atoms with van der Waals surface area (Å²) in [6.07, 6.45) is 1.51. The minimum atomic E-state index is -1.89. The van der Waals surface area contributed by atoms with Gasteiger partial charge in [-0.2, -0.15) is 0 Å². The van der Waals surface area contributed by atoms with E-state index >= 15 is 0 Å². The van der Waals surface area contributed by atoms with Crippen LogP contribution in [0.4, 0.5) is 0 Å². The van der Waals surface area contributed by atoms with Crippen LogP contribution in [0, 0.1) is 0 Å². The van der Waals surface area contributed by atoms with Crippen LogP contribution in [-0.4, -0.2) is 29.6 Å². The zero-order valence-electron chi connectivity index (χ0n) is 19.2. The van der Waals surface area contributed by atoms with Crippen LogP contribution in [-0.2, 0) is 11.0 Å². The summed E-state index contributed by atoms with van der Waals surface area (Å²) in [6.45, 7) is 11.3. The van der Waals surface area contributed by atoms with Crippen molar-refractivity contribution in [3.05, 3.63) is 53.4 Å². The molecule has 2 aromatic heterocycles. The minimum absolute atomic E-state index is 0.0859. The topological polar surface area (TPSA) is 117 Å². The van der Waals surface area contributed by atoms with Crippen LogP contribution in [0.25, 0.3) is 11.3 Å². The van der Waals surface area contributed by atoms with E-state index in [0.29, 0.717) is 24.1 Å². The lowest BCUT2D eigenvalue weighted by Gasteiger charge is -2.35. The summed E-state index contributed by atoms with van der Waals surface area (Å²) in [6, 6.07) is 9.62. The highest BCUT2D eigenvalue weighted by Gasteiger charge is 2.41. The van der Waals surface area contributed by atoms with Crippen molar-refractivity contribution >= 4 is 14.2 Å². The van der Waals surface area contributed by atoms with Gasteiger partial charge in [0, 0.05) is 17.0 Å². The Bertz CT molecular complexity index is 1090. The van der Waals surface area contributed by atoms with Gasteiger partial charge in [-0.1, -0.05) is 56.3 Å². The van der Waals surface area contributed by atoms with E-state index in [-0.39, 0.29) is 22.6 Å². The van der Waals surface area contributed by atoms with Crippen LogP contribution in [0.15, 0.2) is 39.3 Å². The third kappa shape index (κ3) is 4.27. The average molecular weight is 455 g/mol. The molecule has 1 amide bonds. The lowest BCUT2D eigenvalue weighted by molar-refractivity contribution is 0.0989. The summed E-state index contributed by atoms with van der Waals surface area (Å²) >= 11 is 0. The van der Waals surface area contributed by atoms with Crippen LogP contribution in [0.5, 0.6) is 0 Å². The van der Waals surface area contributed by atoms with E-state index in [9.17, 15) is 4.79 Å². The van der Waals surface area contributed by atoms with Crippen molar-refractivity contribution in [2.45, 2.75) is 70.2 Å². The predicted octanol–water partition coefficient (Wildman–Crippen LogP) is 5.01. The summed E-state index contributed by atoms with van der Waals surface area (Å²) in [5.41, 5.74) is 7.39. The second-order valence-corrected chi connectivity index (χ2v) is 14.8. The number of aromatic nitrogens is 3. The Morgan fingerprint density at radius 2 is 1.84 bits per heavy atom.